The Balaban J connectivity index is 1.42. The summed E-state index contributed by atoms with van der Waals surface area (Å²) in [6, 6.07) is 12.7. The number of alkyl halides is 3. The normalized spacial score (nSPS) is 16.5. The first-order valence-electron chi connectivity index (χ1n) is 11.8. The second kappa shape index (κ2) is 10.3. The van der Waals surface area contributed by atoms with Gasteiger partial charge in [0.05, 0.1) is 37.1 Å². The van der Waals surface area contributed by atoms with Crippen LogP contribution in [-0.4, -0.2) is 54.8 Å². The number of hydrogen-bond acceptors (Lipinski definition) is 7. The Labute approximate surface area is 207 Å². The minimum atomic E-state index is -4.34. The lowest BCUT2D eigenvalue weighted by molar-refractivity contribution is -0.137. The van der Waals surface area contributed by atoms with E-state index < -0.39 is 11.7 Å². The van der Waals surface area contributed by atoms with E-state index in [2.05, 4.69) is 9.80 Å². The van der Waals surface area contributed by atoms with Crippen molar-refractivity contribution < 1.29 is 27.4 Å². The molecular formula is C26H27F3N4O3. The number of halogens is 3. The summed E-state index contributed by atoms with van der Waals surface area (Å²) < 4.78 is 56.0. The zero-order valence-electron chi connectivity index (χ0n) is 19.9. The van der Waals surface area contributed by atoms with Gasteiger partial charge in [-0.3, -0.25) is 4.90 Å². The van der Waals surface area contributed by atoms with Crippen molar-refractivity contribution in [3.63, 3.8) is 0 Å². The van der Waals surface area contributed by atoms with Crippen molar-refractivity contribution in [3.8, 4) is 17.4 Å². The van der Waals surface area contributed by atoms with Crippen molar-refractivity contribution in [2.45, 2.75) is 25.7 Å². The van der Waals surface area contributed by atoms with Crippen molar-refractivity contribution in [1.29, 1.82) is 0 Å². The molecule has 0 atom stereocenters. The summed E-state index contributed by atoms with van der Waals surface area (Å²) in [7, 11) is 1.59. The third-order valence-corrected chi connectivity index (χ3v) is 6.35. The lowest BCUT2D eigenvalue weighted by atomic mass is 10.0. The Hall–Kier alpha value is -3.37. The Morgan fingerprint density at radius 3 is 2.36 bits per heavy atom. The number of para-hydroxylation sites is 2. The molecule has 1 aromatic heterocycles. The van der Waals surface area contributed by atoms with Gasteiger partial charge in [-0.25, -0.2) is 4.98 Å². The molecule has 0 spiro atoms. The number of aromatic nitrogens is 2. The Morgan fingerprint density at radius 1 is 0.944 bits per heavy atom. The number of fused-ring (bicyclic) bond motifs is 1. The molecule has 10 heteroatoms. The van der Waals surface area contributed by atoms with E-state index in [1.165, 1.54) is 12.1 Å². The SMILES string of the molecule is COc1ccccc1Oc1nc(N2CCOCC2)nc2c1CN(Cc1ccc(C(F)(F)F)cc1)CC2. The summed E-state index contributed by atoms with van der Waals surface area (Å²) in [5.74, 6) is 2.21. The van der Waals surface area contributed by atoms with Crippen LogP contribution >= 0.6 is 0 Å². The standard InChI is InChI=1S/C26H27F3N4O3/c1-34-22-4-2-3-5-23(22)36-24-20-17-32(16-18-6-8-19(9-7-18)26(27,28)29)11-10-21(20)30-25(31-24)33-12-14-35-15-13-33/h2-9H,10-17H2,1H3. The minimum absolute atomic E-state index is 0.461. The first-order valence-corrected chi connectivity index (χ1v) is 11.8. The Kier molecular flexibility index (Phi) is 6.97. The molecule has 0 saturated carbocycles. The van der Waals surface area contributed by atoms with E-state index in [0.717, 1.165) is 35.5 Å². The zero-order chi connectivity index (χ0) is 25.1. The third-order valence-electron chi connectivity index (χ3n) is 6.35. The number of ether oxygens (including phenoxy) is 3. The van der Waals surface area contributed by atoms with Crippen molar-refractivity contribution in [1.82, 2.24) is 14.9 Å². The summed E-state index contributed by atoms with van der Waals surface area (Å²) >= 11 is 0. The first kappa shape index (κ1) is 24.3. The predicted molar refractivity (Wildman–Crippen MR) is 127 cm³/mol. The molecular weight excluding hydrogens is 473 g/mol. The van der Waals surface area contributed by atoms with Gasteiger partial charge in [0.2, 0.25) is 11.8 Å². The minimum Gasteiger partial charge on any atom is -0.493 e. The Morgan fingerprint density at radius 2 is 1.67 bits per heavy atom. The van der Waals surface area contributed by atoms with Crippen LogP contribution in [0.15, 0.2) is 48.5 Å². The second-order valence-corrected chi connectivity index (χ2v) is 8.76. The molecule has 190 valence electrons. The molecule has 2 aromatic carbocycles. The molecule has 36 heavy (non-hydrogen) atoms. The highest BCUT2D eigenvalue weighted by Gasteiger charge is 2.30. The number of anilines is 1. The monoisotopic (exact) mass is 500 g/mol. The molecule has 0 N–H and O–H groups in total. The first-order chi connectivity index (χ1) is 17.4. The van der Waals surface area contributed by atoms with E-state index in [9.17, 15) is 13.2 Å². The van der Waals surface area contributed by atoms with Gasteiger partial charge in [-0.05, 0) is 29.8 Å². The van der Waals surface area contributed by atoms with Gasteiger partial charge in [-0.1, -0.05) is 24.3 Å². The molecule has 0 bridgehead atoms. The van der Waals surface area contributed by atoms with Gasteiger partial charge in [0.1, 0.15) is 0 Å². The highest BCUT2D eigenvalue weighted by Crippen LogP contribution is 2.36. The van der Waals surface area contributed by atoms with Gasteiger partial charge in [-0.15, -0.1) is 0 Å². The summed E-state index contributed by atoms with van der Waals surface area (Å²) in [6.45, 7) is 4.39. The summed E-state index contributed by atoms with van der Waals surface area (Å²) in [6.07, 6.45) is -3.67. The van der Waals surface area contributed by atoms with Gasteiger partial charge in [0, 0.05) is 39.1 Å². The van der Waals surface area contributed by atoms with E-state index in [1.54, 1.807) is 7.11 Å². The van der Waals surface area contributed by atoms with Gasteiger partial charge in [-0.2, -0.15) is 18.2 Å². The van der Waals surface area contributed by atoms with E-state index in [-0.39, 0.29) is 0 Å². The lowest BCUT2D eigenvalue weighted by Crippen LogP contribution is -2.38. The fraction of sp³-hybridized carbons (Fsp3) is 0.385. The highest BCUT2D eigenvalue weighted by molar-refractivity contribution is 5.47. The average molecular weight is 501 g/mol. The molecule has 0 unspecified atom stereocenters. The van der Waals surface area contributed by atoms with Crippen LogP contribution in [0.2, 0.25) is 0 Å². The van der Waals surface area contributed by atoms with E-state index in [1.807, 2.05) is 24.3 Å². The molecule has 7 nitrogen and oxygen atoms in total. The van der Waals surface area contributed by atoms with Gasteiger partial charge in [0.15, 0.2) is 11.5 Å². The van der Waals surface area contributed by atoms with Crippen LogP contribution in [0.25, 0.3) is 0 Å². The van der Waals surface area contributed by atoms with Crippen molar-refractivity contribution >= 4 is 5.95 Å². The van der Waals surface area contributed by atoms with Crippen molar-refractivity contribution in [2.75, 3.05) is 44.9 Å². The molecule has 2 aliphatic rings. The topological polar surface area (TPSA) is 60.0 Å². The molecule has 5 rings (SSSR count). The molecule has 3 aromatic rings. The van der Waals surface area contributed by atoms with E-state index >= 15 is 0 Å². The number of rotatable bonds is 6. The maximum atomic E-state index is 12.9. The highest BCUT2D eigenvalue weighted by atomic mass is 19.4. The van der Waals surface area contributed by atoms with Gasteiger partial charge in [0.25, 0.3) is 0 Å². The predicted octanol–water partition coefficient (Wildman–Crippen LogP) is 4.69. The fourth-order valence-corrected chi connectivity index (χ4v) is 4.42. The van der Waals surface area contributed by atoms with Crippen LogP contribution in [0.4, 0.5) is 19.1 Å². The molecule has 0 amide bonds. The third kappa shape index (κ3) is 5.39. The number of benzene rings is 2. The van der Waals surface area contributed by atoms with Crippen LogP contribution in [0.3, 0.4) is 0 Å². The van der Waals surface area contributed by atoms with E-state index in [4.69, 9.17) is 24.2 Å². The molecule has 2 aliphatic heterocycles. The van der Waals surface area contributed by atoms with Crippen LogP contribution in [0, 0.1) is 0 Å². The molecule has 3 heterocycles. The number of hydrogen-bond donors (Lipinski definition) is 0. The smallest absolute Gasteiger partial charge is 0.416 e. The Bertz CT molecular complexity index is 1200. The quantitative estimate of drug-likeness (QED) is 0.487. The van der Waals surface area contributed by atoms with Crippen LogP contribution in [0.1, 0.15) is 22.4 Å². The van der Waals surface area contributed by atoms with Crippen LogP contribution in [-0.2, 0) is 30.4 Å². The number of nitrogens with zero attached hydrogens (tertiary/aromatic N) is 4. The molecule has 1 fully saturated rings. The van der Waals surface area contributed by atoms with E-state index in [0.29, 0.717) is 69.1 Å². The van der Waals surface area contributed by atoms with Crippen molar-refractivity contribution in [2.24, 2.45) is 0 Å². The fourth-order valence-electron chi connectivity index (χ4n) is 4.42. The maximum absolute atomic E-state index is 12.9. The summed E-state index contributed by atoms with van der Waals surface area (Å²) in [5, 5.41) is 0. The second-order valence-electron chi connectivity index (χ2n) is 8.76. The van der Waals surface area contributed by atoms with Crippen LogP contribution in [0.5, 0.6) is 17.4 Å². The number of methoxy groups -OCH3 is 1. The van der Waals surface area contributed by atoms with Gasteiger partial charge < -0.3 is 19.1 Å². The molecule has 1 saturated heterocycles. The summed E-state index contributed by atoms with van der Waals surface area (Å²) in [5.41, 5.74) is 1.95. The van der Waals surface area contributed by atoms with Gasteiger partial charge >= 0.3 is 6.18 Å². The largest absolute Gasteiger partial charge is 0.493 e. The summed E-state index contributed by atoms with van der Waals surface area (Å²) in [4.78, 5) is 13.9. The zero-order valence-corrected chi connectivity index (χ0v) is 19.9. The average Bonchev–Trinajstić information content (AvgIpc) is 2.89. The number of morpholine rings is 1. The lowest BCUT2D eigenvalue weighted by Gasteiger charge is -2.32. The molecule has 0 aliphatic carbocycles. The van der Waals surface area contributed by atoms with Crippen LogP contribution < -0.4 is 14.4 Å². The van der Waals surface area contributed by atoms with Crippen molar-refractivity contribution in [3.05, 3.63) is 70.9 Å². The molecule has 0 radical (unpaired) electrons. The maximum Gasteiger partial charge on any atom is 0.416 e.